The molecule has 1 aromatic rings. The quantitative estimate of drug-likeness (QED) is 0.335. The van der Waals surface area contributed by atoms with Gasteiger partial charge in [-0.2, -0.15) is 0 Å². The van der Waals surface area contributed by atoms with Gasteiger partial charge in [0.15, 0.2) is 6.79 Å². The molecule has 0 aliphatic heterocycles. The zero-order chi connectivity index (χ0) is 12.8. The molecule has 0 saturated heterocycles. The molecular formula is C11H11FO5. The van der Waals surface area contributed by atoms with Crippen molar-refractivity contribution < 1.29 is 28.2 Å². The summed E-state index contributed by atoms with van der Waals surface area (Å²) in [6.45, 7) is -0.118. The zero-order valence-corrected chi connectivity index (χ0v) is 9.36. The van der Waals surface area contributed by atoms with E-state index in [1.54, 1.807) is 0 Å². The summed E-state index contributed by atoms with van der Waals surface area (Å²) >= 11 is 0. The fourth-order valence-corrected chi connectivity index (χ4v) is 1.13. The van der Waals surface area contributed by atoms with Crippen LogP contribution >= 0.6 is 0 Å². The van der Waals surface area contributed by atoms with E-state index < -0.39 is 17.6 Å². The normalized spacial score (nSPS) is 9.82. The fourth-order valence-electron chi connectivity index (χ4n) is 1.13. The van der Waals surface area contributed by atoms with E-state index in [-0.39, 0.29) is 18.1 Å². The van der Waals surface area contributed by atoms with Crippen molar-refractivity contribution in [3.05, 3.63) is 29.6 Å². The number of hydrogen-bond acceptors (Lipinski definition) is 5. The molecule has 0 heterocycles. The summed E-state index contributed by atoms with van der Waals surface area (Å²) in [6, 6.07) is 3.26. The van der Waals surface area contributed by atoms with Crippen molar-refractivity contribution in [3.8, 4) is 5.75 Å². The third-order valence-corrected chi connectivity index (χ3v) is 1.89. The third-order valence-electron chi connectivity index (χ3n) is 1.89. The second-order valence-electron chi connectivity index (χ2n) is 3.01. The monoisotopic (exact) mass is 242 g/mol. The van der Waals surface area contributed by atoms with Gasteiger partial charge in [-0.3, -0.25) is 4.79 Å². The van der Waals surface area contributed by atoms with E-state index in [0.717, 1.165) is 19.2 Å². The van der Waals surface area contributed by atoms with Crippen LogP contribution in [0.5, 0.6) is 5.75 Å². The van der Waals surface area contributed by atoms with E-state index in [1.165, 1.54) is 13.2 Å². The molecule has 92 valence electrons. The average Bonchev–Trinajstić information content (AvgIpc) is 2.35. The van der Waals surface area contributed by atoms with Crippen molar-refractivity contribution in [3.63, 3.8) is 0 Å². The number of Topliss-reactive ketones (excluding diaryl/α,β-unsaturated/α-hetero) is 1. The van der Waals surface area contributed by atoms with Gasteiger partial charge in [-0.05, 0) is 18.2 Å². The number of carbonyl (C=O) groups excluding carboxylic acids is 2. The number of benzene rings is 1. The van der Waals surface area contributed by atoms with Crippen LogP contribution in [-0.2, 0) is 14.3 Å². The van der Waals surface area contributed by atoms with Gasteiger partial charge in [-0.1, -0.05) is 0 Å². The van der Waals surface area contributed by atoms with Crippen LogP contribution in [0.3, 0.4) is 0 Å². The molecule has 5 nitrogen and oxygen atoms in total. The number of ether oxygens (including phenoxy) is 3. The largest absolute Gasteiger partial charge is 0.467 e. The molecule has 0 saturated carbocycles. The maximum absolute atomic E-state index is 13.0. The maximum Gasteiger partial charge on any atom is 0.379 e. The van der Waals surface area contributed by atoms with E-state index in [4.69, 9.17) is 4.74 Å². The summed E-state index contributed by atoms with van der Waals surface area (Å²) in [5.41, 5.74) is -0.200. The van der Waals surface area contributed by atoms with E-state index >= 15 is 0 Å². The van der Waals surface area contributed by atoms with Crippen LogP contribution in [0.1, 0.15) is 10.4 Å². The Balaban J connectivity index is 3.06. The molecule has 0 aliphatic rings. The zero-order valence-electron chi connectivity index (χ0n) is 9.36. The Morgan fingerprint density at radius 1 is 1.29 bits per heavy atom. The van der Waals surface area contributed by atoms with Crippen molar-refractivity contribution in [1.82, 2.24) is 0 Å². The van der Waals surface area contributed by atoms with Gasteiger partial charge >= 0.3 is 5.97 Å². The standard InChI is InChI=1S/C11H11FO5/c1-15-6-17-9-4-3-7(12)5-8(9)10(13)11(14)16-2/h3-5H,6H2,1-2H3. The lowest BCUT2D eigenvalue weighted by Crippen LogP contribution is -2.17. The summed E-state index contributed by atoms with van der Waals surface area (Å²) in [7, 11) is 2.46. The summed E-state index contributed by atoms with van der Waals surface area (Å²) in [5, 5.41) is 0. The van der Waals surface area contributed by atoms with E-state index in [9.17, 15) is 14.0 Å². The number of methoxy groups -OCH3 is 2. The highest BCUT2D eigenvalue weighted by Crippen LogP contribution is 2.20. The van der Waals surface area contributed by atoms with Gasteiger partial charge in [0.05, 0.1) is 12.7 Å². The molecule has 0 unspecified atom stereocenters. The first-order valence-electron chi connectivity index (χ1n) is 4.64. The van der Waals surface area contributed by atoms with Crippen LogP contribution in [0, 0.1) is 5.82 Å². The van der Waals surface area contributed by atoms with Crippen LogP contribution in [0.15, 0.2) is 18.2 Å². The Morgan fingerprint density at radius 2 is 2.00 bits per heavy atom. The van der Waals surface area contributed by atoms with E-state index in [1.807, 2.05) is 0 Å². The maximum atomic E-state index is 13.0. The number of esters is 1. The van der Waals surface area contributed by atoms with Crippen LogP contribution in [0.4, 0.5) is 4.39 Å². The van der Waals surface area contributed by atoms with Crippen LogP contribution in [0.25, 0.3) is 0 Å². The smallest absolute Gasteiger partial charge is 0.379 e. The predicted octanol–water partition coefficient (Wildman–Crippen LogP) is 1.16. The highest BCUT2D eigenvalue weighted by molar-refractivity contribution is 6.41. The van der Waals surface area contributed by atoms with E-state index in [0.29, 0.717) is 0 Å². The van der Waals surface area contributed by atoms with Crippen molar-refractivity contribution in [2.75, 3.05) is 21.0 Å². The molecule has 17 heavy (non-hydrogen) atoms. The SMILES string of the molecule is COCOc1ccc(F)cc1C(=O)C(=O)OC. The van der Waals surface area contributed by atoms with Gasteiger partial charge in [0.1, 0.15) is 11.6 Å². The second-order valence-corrected chi connectivity index (χ2v) is 3.01. The van der Waals surface area contributed by atoms with Gasteiger partial charge in [0, 0.05) is 7.11 Å². The highest BCUT2D eigenvalue weighted by atomic mass is 19.1. The van der Waals surface area contributed by atoms with Crippen LogP contribution < -0.4 is 4.74 Å². The summed E-state index contributed by atoms with van der Waals surface area (Å²) < 4.78 is 27.0. The average molecular weight is 242 g/mol. The van der Waals surface area contributed by atoms with Gasteiger partial charge < -0.3 is 14.2 Å². The molecule has 0 amide bonds. The number of ketones is 1. The molecule has 0 aromatic heterocycles. The Labute approximate surface area is 97.1 Å². The topological polar surface area (TPSA) is 61.8 Å². The molecule has 0 bridgehead atoms. The molecule has 6 heteroatoms. The fraction of sp³-hybridized carbons (Fsp3) is 0.273. The predicted molar refractivity (Wildman–Crippen MR) is 55.3 cm³/mol. The van der Waals surface area contributed by atoms with Crippen molar-refractivity contribution in [2.24, 2.45) is 0 Å². The Bertz CT molecular complexity index is 430. The van der Waals surface area contributed by atoms with E-state index in [2.05, 4.69) is 9.47 Å². The molecular weight excluding hydrogens is 231 g/mol. The minimum Gasteiger partial charge on any atom is -0.467 e. The Kier molecular flexibility index (Phi) is 4.59. The molecule has 0 fully saturated rings. The number of rotatable bonds is 5. The van der Waals surface area contributed by atoms with Crippen LogP contribution in [-0.4, -0.2) is 32.8 Å². The number of halogens is 1. The Hall–Kier alpha value is -1.95. The summed E-state index contributed by atoms with van der Waals surface area (Å²) in [5.74, 6) is -2.65. The van der Waals surface area contributed by atoms with Crippen molar-refractivity contribution >= 4 is 11.8 Å². The second kappa shape index (κ2) is 5.95. The Morgan fingerprint density at radius 3 is 2.59 bits per heavy atom. The van der Waals surface area contributed by atoms with Gasteiger partial charge in [-0.15, -0.1) is 0 Å². The molecule has 1 aromatic carbocycles. The third kappa shape index (κ3) is 3.25. The van der Waals surface area contributed by atoms with Crippen LogP contribution in [0.2, 0.25) is 0 Å². The first-order valence-corrected chi connectivity index (χ1v) is 4.64. The van der Waals surface area contributed by atoms with Gasteiger partial charge in [0.25, 0.3) is 5.78 Å². The molecule has 0 N–H and O–H groups in total. The minimum atomic E-state index is -1.09. The summed E-state index contributed by atoms with van der Waals surface area (Å²) in [6.07, 6.45) is 0. The first kappa shape index (κ1) is 13.1. The van der Waals surface area contributed by atoms with Crippen molar-refractivity contribution in [2.45, 2.75) is 0 Å². The molecule has 0 atom stereocenters. The van der Waals surface area contributed by atoms with Gasteiger partial charge in [-0.25, -0.2) is 9.18 Å². The highest BCUT2D eigenvalue weighted by Gasteiger charge is 2.21. The summed E-state index contributed by atoms with van der Waals surface area (Å²) in [4.78, 5) is 22.6. The molecule has 0 spiro atoms. The lowest BCUT2D eigenvalue weighted by atomic mass is 10.1. The lowest BCUT2D eigenvalue weighted by Gasteiger charge is -2.09. The van der Waals surface area contributed by atoms with Gasteiger partial charge in [0.2, 0.25) is 0 Å². The minimum absolute atomic E-state index is 0.0589. The van der Waals surface area contributed by atoms with Crippen molar-refractivity contribution in [1.29, 1.82) is 0 Å². The molecule has 0 aliphatic carbocycles. The lowest BCUT2D eigenvalue weighted by molar-refractivity contribution is -0.135. The molecule has 1 rings (SSSR count). The molecule has 0 radical (unpaired) electrons. The first-order chi connectivity index (χ1) is 8.10. The number of carbonyl (C=O) groups is 2. The number of hydrogen-bond donors (Lipinski definition) is 0.